The largest absolute Gasteiger partial charge is 0.391 e. The molecule has 2 rings (SSSR count). The average Bonchev–Trinajstić information content (AvgIpc) is 3.10. The van der Waals surface area contributed by atoms with Gasteiger partial charge in [0, 0.05) is 38.7 Å². The molecule has 3 N–H and O–H groups in total. The number of benzene rings is 1. The molecule has 0 bridgehead atoms. The van der Waals surface area contributed by atoms with Gasteiger partial charge in [-0.2, -0.15) is 0 Å². The minimum atomic E-state index is -0.723. The van der Waals surface area contributed by atoms with Crippen molar-refractivity contribution in [3.63, 3.8) is 0 Å². The zero-order valence-electron chi connectivity index (χ0n) is 18.3. The van der Waals surface area contributed by atoms with Gasteiger partial charge in [-0.05, 0) is 23.1 Å². The van der Waals surface area contributed by atoms with Gasteiger partial charge in [0.15, 0.2) is 0 Å². The highest BCUT2D eigenvalue weighted by Gasteiger charge is 2.43. The van der Waals surface area contributed by atoms with Crippen LogP contribution >= 0.6 is 0 Å². The lowest BCUT2D eigenvalue weighted by Gasteiger charge is -2.35. The van der Waals surface area contributed by atoms with E-state index in [1.54, 1.807) is 7.11 Å². The second-order valence-corrected chi connectivity index (χ2v) is 8.70. The third-order valence-corrected chi connectivity index (χ3v) is 5.22. The van der Waals surface area contributed by atoms with E-state index in [9.17, 15) is 14.7 Å². The summed E-state index contributed by atoms with van der Waals surface area (Å²) in [6, 6.07) is 6.15. The predicted molar refractivity (Wildman–Crippen MR) is 115 cm³/mol. The van der Waals surface area contributed by atoms with Crippen LogP contribution in [0.2, 0.25) is 0 Å². The number of ether oxygens (including phenoxy) is 1. The molecular weight excluding hydrogens is 382 g/mol. The number of amides is 2. The van der Waals surface area contributed by atoms with Gasteiger partial charge < -0.3 is 25.4 Å². The first kappa shape index (κ1) is 23.9. The number of rotatable bonds is 8. The van der Waals surface area contributed by atoms with Gasteiger partial charge >= 0.3 is 0 Å². The summed E-state index contributed by atoms with van der Waals surface area (Å²) >= 11 is 0. The van der Waals surface area contributed by atoms with Crippen molar-refractivity contribution in [1.29, 1.82) is 0 Å². The second kappa shape index (κ2) is 10.6. The number of hydrogen-bond donors (Lipinski definition) is 3. The summed E-state index contributed by atoms with van der Waals surface area (Å²) in [4.78, 5) is 27.6. The number of nitrogens with one attached hydrogen (secondary N) is 2. The minimum Gasteiger partial charge on any atom is -0.391 e. The zero-order valence-corrected chi connectivity index (χ0v) is 18.3. The molecule has 1 aromatic rings. The number of terminal acetylenes is 1. The highest BCUT2D eigenvalue weighted by atomic mass is 16.5. The molecule has 1 fully saturated rings. The molecule has 0 spiro atoms. The van der Waals surface area contributed by atoms with Crippen molar-refractivity contribution in [1.82, 2.24) is 15.5 Å². The van der Waals surface area contributed by atoms with Gasteiger partial charge in [0.05, 0.1) is 18.8 Å². The fourth-order valence-electron chi connectivity index (χ4n) is 3.57. The van der Waals surface area contributed by atoms with E-state index in [-0.39, 0.29) is 30.2 Å². The summed E-state index contributed by atoms with van der Waals surface area (Å²) < 4.78 is 5.07. The molecular formula is C23H33N3O4. The van der Waals surface area contributed by atoms with E-state index >= 15 is 0 Å². The van der Waals surface area contributed by atoms with Crippen molar-refractivity contribution in [2.24, 2.45) is 5.41 Å². The van der Waals surface area contributed by atoms with Gasteiger partial charge in [-0.3, -0.25) is 9.59 Å². The summed E-state index contributed by atoms with van der Waals surface area (Å²) in [5.41, 5.74) is 1.32. The van der Waals surface area contributed by atoms with E-state index in [2.05, 4.69) is 16.6 Å². The van der Waals surface area contributed by atoms with E-state index in [0.29, 0.717) is 19.7 Å². The summed E-state index contributed by atoms with van der Waals surface area (Å²) in [6.45, 7) is 7.37. The molecule has 7 heteroatoms. The number of aliphatic hydroxyl groups excluding tert-OH is 1. The van der Waals surface area contributed by atoms with Crippen LogP contribution in [0.1, 0.15) is 38.3 Å². The van der Waals surface area contributed by atoms with Gasteiger partial charge in [0.25, 0.3) is 0 Å². The van der Waals surface area contributed by atoms with Crippen LogP contribution < -0.4 is 10.6 Å². The quantitative estimate of drug-likeness (QED) is 0.433. The maximum atomic E-state index is 13.3. The third kappa shape index (κ3) is 6.30. The number of hydrogen-bond acceptors (Lipinski definition) is 5. The van der Waals surface area contributed by atoms with Gasteiger partial charge in [-0.1, -0.05) is 38.8 Å². The van der Waals surface area contributed by atoms with E-state index in [1.807, 2.05) is 45.0 Å². The van der Waals surface area contributed by atoms with E-state index in [0.717, 1.165) is 11.1 Å². The smallest absolute Gasteiger partial charge is 0.243 e. The Labute approximate surface area is 179 Å². The second-order valence-electron chi connectivity index (χ2n) is 8.70. The molecule has 1 aliphatic heterocycles. The number of carbonyl (C=O) groups excluding carboxylic acids is 2. The number of likely N-dealkylation sites (tertiary alicyclic amines) is 1. The first-order valence-electron chi connectivity index (χ1n) is 10.2. The Morgan fingerprint density at radius 3 is 2.57 bits per heavy atom. The maximum absolute atomic E-state index is 13.3. The molecule has 30 heavy (non-hydrogen) atoms. The molecule has 1 aromatic carbocycles. The van der Waals surface area contributed by atoms with Crippen LogP contribution in [0.15, 0.2) is 24.3 Å². The lowest BCUT2D eigenvalue weighted by molar-refractivity contribution is -0.142. The fraction of sp³-hybridized carbons (Fsp3) is 0.565. The molecule has 164 valence electrons. The first-order chi connectivity index (χ1) is 14.2. The van der Waals surface area contributed by atoms with Gasteiger partial charge in [0.1, 0.15) is 6.04 Å². The molecule has 0 unspecified atom stereocenters. The minimum absolute atomic E-state index is 0.145. The molecule has 1 aliphatic rings. The number of aliphatic hydroxyl groups is 1. The number of β-amino-alcohol motifs (C(OH)–C–C–N with tert-alkyl or cyclic N) is 1. The van der Waals surface area contributed by atoms with Gasteiger partial charge in [0.2, 0.25) is 11.8 Å². The fourth-order valence-corrected chi connectivity index (χ4v) is 3.57. The van der Waals surface area contributed by atoms with Crippen LogP contribution in [0.25, 0.3) is 0 Å². The van der Waals surface area contributed by atoms with Crippen LogP contribution in [-0.2, 0) is 20.9 Å². The van der Waals surface area contributed by atoms with Gasteiger partial charge in [-0.25, -0.2) is 0 Å². The van der Waals surface area contributed by atoms with Crippen molar-refractivity contribution in [3.8, 4) is 12.3 Å². The van der Waals surface area contributed by atoms with Crippen LogP contribution in [0, 0.1) is 17.8 Å². The topological polar surface area (TPSA) is 90.9 Å². The SMILES string of the molecule is C#Cc1ccc(CNC(=O)[C@@H]2C[C@@H](O)CN2C(=O)[C@@H](NCCOC)C(C)(C)C)cc1. The summed E-state index contributed by atoms with van der Waals surface area (Å²) in [5.74, 6) is 2.10. The Morgan fingerprint density at radius 1 is 1.33 bits per heavy atom. The highest BCUT2D eigenvalue weighted by molar-refractivity contribution is 5.91. The maximum Gasteiger partial charge on any atom is 0.243 e. The van der Waals surface area contributed by atoms with Crippen molar-refractivity contribution in [2.75, 3.05) is 26.8 Å². The van der Waals surface area contributed by atoms with Crippen LogP contribution in [-0.4, -0.2) is 66.8 Å². The Balaban J connectivity index is 2.07. The van der Waals surface area contributed by atoms with Crippen LogP contribution in [0.3, 0.4) is 0 Å². The Kier molecular flexibility index (Phi) is 8.42. The monoisotopic (exact) mass is 415 g/mol. The Morgan fingerprint density at radius 2 is 2.00 bits per heavy atom. The predicted octanol–water partition coefficient (Wildman–Crippen LogP) is 0.897. The highest BCUT2D eigenvalue weighted by Crippen LogP contribution is 2.26. The van der Waals surface area contributed by atoms with E-state index in [1.165, 1.54) is 4.90 Å². The van der Waals surface area contributed by atoms with E-state index in [4.69, 9.17) is 11.2 Å². The molecule has 0 aliphatic carbocycles. The van der Waals surface area contributed by atoms with Gasteiger partial charge in [-0.15, -0.1) is 6.42 Å². The lowest BCUT2D eigenvalue weighted by Crippen LogP contribution is -2.57. The summed E-state index contributed by atoms with van der Waals surface area (Å²) in [6.07, 6.45) is 4.86. The molecule has 3 atom stereocenters. The first-order valence-corrected chi connectivity index (χ1v) is 10.2. The molecule has 1 saturated heterocycles. The Hall–Kier alpha value is -2.40. The summed E-state index contributed by atoms with van der Waals surface area (Å²) in [5, 5.41) is 16.3. The van der Waals surface area contributed by atoms with E-state index < -0.39 is 18.2 Å². The normalized spacial score (nSPS) is 19.9. The number of carbonyl (C=O) groups is 2. The van der Waals surface area contributed by atoms with Crippen LogP contribution in [0.4, 0.5) is 0 Å². The van der Waals surface area contributed by atoms with Crippen molar-refractivity contribution in [2.45, 2.75) is 51.9 Å². The van der Waals surface area contributed by atoms with Crippen molar-refractivity contribution < 1.29 is 19.4 Å². The molecule has 2 amide bonds. The zero-order chi connectivity index (χ0) is 22.3. The van der Waals surface area contributed by atoms with Crippen molar-refractivity contribution in [3.05, 3.63) is 35.4 Å². The number of nitrogens with zero attached hydrogens (tertiary/aromatic N) is 1. The molecule has 0 saturated carbocycles. The Bertz CT molecular complexity index is 764. The summed E-state index contributed by atoms with van der Waals surface area (Å²) in [7, 11) is 1.60. The van der Waals surface area contributed by atoms with Crippen LogP contribution in [0.5, 0.6) is 0 Å². The lowest BCUT2D eigenvalue weighted by atomic mass is 9.85. The standard InChI is InChI=1S/C23H33N3O4/c1-6-16-7-9-17(10-8-16)14-25-21(28)19-13-18(27)15-26(19)22(29)20(23(2,3)4)24-11-12-30-5/h1,7-10,18-20,24,27H,11-15H2,2-5H3,(H,25,28)/t18-,19+,20-/m1/s1. The average molecular weight is 416 g/mol. The molecule has 0 aromatic heterocycles. The molecule has 0 radical (unpaired) electrons. The number of methoxy groups -OCH3 is 1. The molecule has 7 nitrogen and oxygen atoms in total. The third-order valence-electron chi connectivity index (χ3n) is 5.22. The van der Waals surface area contributed by atoms with Crippen molar-refractivity contribution >= 4 is 11.8 Å². The molecule has 1 heterocycles.